The van der Waals surface area contributed by atoms with E-state index < -0.39 is 0 Å². The second-order valence-corrected chi connectivity index (χ2v) is 5.09. The SMILES string of the molecule is CN1CCN(c2noc(-c3ccc(CN)cc3)n2)CC1. The van der Waals surface area contributed by atoms with Gasteiger partial charge in [0.2, 0.25) is 0 Å². The van der Waals surface area contributed by atoms with Crippen LogP contribution >= 0.6 is 0 Å². The Bertz CT molecular complexity index is 557. The molecule has 0 bridgehead atoms. The lowest BCUT2D eigenvalue weighted by Crippen LogP contribution is -2.44. The molecular formula is C14H19N5O. The largest absolute Gasteiger partial charge is 0.336 e. The van der Waals surface area contributed by atoms with Crippen molar-refractivity contribution < 1.29 is 4.52 Å². The molecule has 1 aromatic carbocycles. The van der Waals surface area contributed by atoms with Crippen LogP contribution in [0.4, 0.5) is 5.95 Å². The van der Waals surface area contributed by atoms with E-state index in [4.69, 9.17) is 10.3 Å². The number of likely N-dealkylation sites (N-methyl/N-ethyl adjacent to an activating group) is 1. The van der Waals surface area contributed by atoms with Crippen LogP contribution in [0.1, 0.15) is 5.56 Å². The van der Waals surface area contributed by atoms with Gasteiger partial charge in [-0.05, 0) is 29.9 Å². The van der Waals surface area contributed by atoms with Crippen molar-refractivity contribution in [3.63, 3.8) is 0 Å². The summed E-state index contributed by atoms with van der Waals surface area (Å²) in [5.74, 6) is 1.23. The summed E-state index contributed by atoms with van der Waals surface area (Å²) in [6.07, 6.45) is 0. The average Bonchev–Trinajstić information content (AvgIpc) is 2.98. The van der Waals surface area contributed by atoms with Crippen LogP contribution in [0.15, 0.2) is 28.8 Å². The first kappa shape index (κ1) is 13.1. The highest BCUT2D eigenvalue weighted by atomic mass is 16.5. The van der Waals surface area contributed by atoms with Gasteiger partial charge in [-0.1, -0.05) is 12.1 Å². The Morgan fingerprint density at radius 3 is 2.50 bits per heavy atom. The molecule has 1 aromatic heterocycles. The molecular weight excluding hydrogens is 254 g/mol. The van der Waals surface area contributed by atoms with Crippen LogP contribution in [0.2, 0.25) is 0 Å². The van der Waals surface area contributed by atoms with Crippen LogP contribution < -0.4 is 10.6 Å². The zero-order valence-electron chi connectivity index (χ0n) is 11.6. The molecule has 0 radical (unpaired) electrons. The Balaban J connectivity index is 1.75. The molecule has 0 amide bonds. The first-order valence-corrected chi connectivity index (χ1v) is 6.83. The van der Waals surface area contributed by atoms with E-state index in [1.165, 1.54) is 0 Å². The van der Waals surface area contributed by atoms with E-state index in [9.17, 15) is 0 Å². The van der Waals surface area contributed by atoms with Gasteiger partial charge in [-0.15, -0.1) is 0 Å². The quantitative estimate of drug-likeness (QED) is 0.897. The molecule has 2 N–H and O–H groups in total. The second-order valence-electron chi connectivity index (χ2n) is 5.09. The van der Waals surface area contributed by atoms with E-state index in [1.54, 1.807) is 0 Å². The minimum Gasteiger partial charge on any atom is -0.336 e. The van der Waals surface area contributed by atoms with Gasteiger partial charge in [-0.3, -0.25) is 0 Å². The van der Waals surface area contributed by atoms with Crippen molar-refractivity contribution in [2.75, 3.05) is 38.1 Å². The third-order valence-electron chi connectivity index (χ3n) is 3.64. The van der Waals surface area contributed by atoms with E-state index in [0.717, 1.165) is 37.3 Å². The normalized spacial score (nSPS) is 16.6. The first-order valence-electron chi connectivity index (χ1n) is 6.83. The van der Waals surface area contributed by atoms with Gasteiger partial charge < -0.3 is 20.1 Å². The zero-order chi connectivity index (χ0) is 13.9. The number of anilines is 1. The van der Waals surface area contributed by atoms with Gasteiger partial charge in [-0.25, -0.2) is 0 Å². The molecule has 1 aliphatic heterocycles. The summed E-state index contributed by atoms with van der Waals surface area (Å²) in [5.41, 5.74) is 7.61. The van der Waals surface area contributed by atoms with Gasteiger partial charge in [0.25, 0.3) is 11.8 Å². The van der Waals surface area contributed by atoms with Crippen LogP contribution in [-0.2, 0) is 6.54 Å². The van der Waals surface area contributed by atoms with Crippen LogP contribution in [0.25, 0.3) is 11.5 Å². The highest BCUT2D eigenvalue weighted by Crippen LogP contribution is 2.21. The molecule has 0 aliphatic carbocycles. The van der Waals surface area contributed by atoms with Crippen LogP contribution in [0.5, 0.6) is 0 Å². The van der Waals surface area contributed by atoms with E-state index in [-0.39, 0.29) is 0 Å². The van der Waals surface area contributed by atoms with Crippen molar-refractivity contribution in [1.82, 2.24) is 15.0 Å². The summed E-state index contributed by atoms with van der Waals surface area (Å²) in [4.78, 5) is 8.93. The van der Waals surface area contributed by atoms with Crippen LogP contribution in [0, 0.1) is 0 Å². The Labute approximate surface area is 118 Å². The molecule has 0 saturated carbocycles. The zero-order valence-corrected chi connectivity index (χ0v) is 11.6. The maximum Gasteiger partial charge on any atom is 0.266 e. The summed E-state index contributed by atoms with van der Waals surface area (Å²) in [6.45, 7) is 4.45. The molecule has 3 rings (SSSR count). The summed E-state index contributed by atoms with van der Waals surface area (Å²) < 4.78 is 5.36. The number of nitrogens with zero attached hydrogens (tertiary/aromatic N) is 4. The third-order valence-corrected chi connectivity index (χ3v) is 3.64. The number of rotatable bonds is 3. The van der Waals surface area contributed by atoms with E-state index in [2.05, 4.69) is 27.0 Å². The number of piperazine rings is 1. The van der Waals surface area contributed by atoms with Gasteiger partial charge in [0.05, 0.1) is 0 Å². The lowest BCUT2D eigenvalue weighted by atomic mass is 10.1. The average molecular weight is 273 g/mol. The number of hydrogen-bond donors (Lipinski definition) is 1. The number of aromatic nitrogens is 2. The van der Waals surface area contributed by atoms with Crippen molar-refractivity contribution >= 4 is 5.95 Å². The number of hydrogen-bond acceptors (Lipinski definition) is 6. The molecule has 1 fully saturated rings. The van der Waals surface area contributed by atoms with Gasteiger partial charge in [0.1, 0.15) is 0 Å². The molecule has 1 saturated heterocycles. The fraction of sp³-hybridized carbons (Fsp3) is 0.429. The van der Waals surface area contributed by atoms with Gasteiger partial charge in [0.15, 0.2) is 0 Å². The van der Waals surface area contributed by atoms with Crippen molar-refractivity contribution in [3.05, 3.63) is 29.8 Å². The topological polar surface area (TPSA) is 71.4 Å². The molecule has 1 aliphatic rings. The summed E-state index contributed by atoms with van der Waals surface area (Å²) in [7, 11) is 2.12. The molecule has 0 atom stereocenters. The maximum atomic E-state index is 5.59. The summed E-state index contributed by atoms with van der Waals surface area (Å²) in [6, 6.07) is 7.89. The summed E-state index contributed by atoms with van der Waals surface area (Å²) >= 11 is 0. The minimum absolute atomic E-state index is 0.538. The highest BCUT2D eigenvalue weighted by molar-refractivity contribution is 5.55. The van der Waals surface area contributed by atoms with E-state index in [0.29, 0.717) is 18.4 Å². The third kappa shape index (κ3) is 2.66. The number of benzene rings is 1. The predicted octanol–water partition coefficient (Wildman–Crippen LogP) is 0.947. The van der Waals surface area contributed by atoms with Crippen molar-refractivity contribution in [1.29, 1.82) is 0 Å². The molecule has 6 heteroatoms. The van der Waals surface area contributed by atoms with Crippen molar-refractivity contribution in [2.45, 2.75) is 6.54 Å². The smallest absolute Gasteiger partial charge is 0.266 e. The van der Waals surface area contributed by atoms with Gasteiger partial charge >= 0.3 is 0 Å². The Hall–Kier alpha value is -1.92. The molecule has 6 nitrogen and oxygen atoms in total. The van der Waals surface area contributed by atoms with E-state index in [1.807, 2.05) is 24.3 Å². The molecule has 0 spiro atoms. The lowest BCUT2D eigenvalue weighted by molar-refractivity contribution is 0.309. The molecule has 2 aromatic rings. The molecule has 0 unspecified atom stereocenters. The molecule has 20 heavy (non-hydrogen) atoms. The molecule has 106 valence electrons. The van der Waals surface area contributed by atoms with Gasteiger partial charge in [-0.2, -0.15) is 4.98 Å². The van der Waals surface area contributed by atoms with Crippen molar-refractivity contribution in [3.8, 4) is 11.5 Å². The van der Waals surface area contributed by atoms with Crippen LogP contribution in [-0.4, -0.2) is 48.3 Å². The standard InChI is InChI=1S/C14H19N5O/c1-18-6-8-19(9-7-18)14-16-13(20-17-14)12-4-2-11(10-15)3-5-12/h2-5H,6-10,15H2,1H3. The van der Waals surface area contributed by atoms with Crippen molar-refractivity contribution in [2.24, 2.45) is 5.73 Å². The second kappa shape index (κ2) is 5.60. The van der Waals surface area contributed by atoms with E-state index >= 15 is 0 Å². The predicted molar refractivity (Wildman–Crippen MR) is 77.3 cm³/mol. The Morgan fingerprint density at radius 1 is 1.15 bits per heavy atom. The fourth-order valence-corrected chi connectivity index (χ4v) is 2.25. The molecule has 2 heterocycles. The first-order chi connectivity index (χ1) is 9.76. The highest BCUT2D eigenvalue weighted by Gasteiger charge is 2.19. The van der Waals surface area contributed by atoms with Crippen LogP contribution in [0.3, 0.4) is 0 Å². The van der Waals surface area contributed by atoms with Gasteiger partial charge in [0, 0.05) is 38.3 Å². The maximum absolute atomic E-state index is 5.59. The monoisotopic (exact) mass is 273 g/mol. The lowest BCUT2D eigenvalue weighted by Gasteiger charge is -2.31. The Morgan fingerprint density at radius 2 is 1.85 bits per heavy atom. The number of nitrogens with two attached hydrogens (primary N) is 1. The summed E-state index contributed by atoms with van der Waals surface area (Å²) in [5, 5.41) is 4.08. The fourth-order valence-electron chi connectivity index (χ4n) is 2.25. The Kier molecular flexibility index (Phi) is 3.66. The minimum atomic E-state index is 0.538.